The van der Waals surface area contributed by atoms with Crippen molar-refractivity contribution in [1.82, 2.24) is 0 Å². The zero-order valence-corrected chi connectivity index (χ0v) is 13.5. The number of hydrogen-bond acceptors (Lipinski definition) is 1. The van der Waals surface area contributed by atoms with Crippen LogP contribution in [0.2, 0.25) is 18.1 Å². The zero-order chi connectivity index (χ0) is 13.5. The van der Waals surface area contributed by atoms with E-state index in [1.807, 2.05) is 6.08 Å². The molecule has 0 radical (unpaired) electrons. The van der Waals surface area contributed by atoms with Crippen molar-refractivity contribution >= 4 is 26.7 Å². The lowest BCUT2D eigenvalue weighted by Crippen LogP contribution is -2.08. The van der Waals surface area contributed by atoms with Gasteiger partial charge in [0.2, 0.25) is 0 Å². The van der Waals surface area contributed by atoms with E-state index in [9.17, 15) is 0 Å². The van der Waals surface area contributed by atoms with Gasteiger partial charge in [0.05, 0.1) is 6.61 Å². The van der Waals surface area contributed by atoms with Gasteiger partial charge in [0.25, 0.3) is 0 Å². The fourth-order valence-electron chi connectivity index (χ4n) is 1.81. The molecule has 100 valence electrons. The number of hydrogen-bond donors (Lipinski definition) is 0. The molecule has 3 heteroatoms. The van der Waals surface area contributed by atoms with Crippen molar-refractivity contribution in [1.29, 1.82) is 0 Å². The van der Waals surface area contributed by atoms with Crippen LogP contribution in [0.4, 0.5) is 0 Å². The molecule has 0 aliphatic rings. The normalized spacial score (nSPS) is 10.9. The highest BCUT2D eigenvalue weighted by molar-refractivity contribution is 6.48. The molecule has 0 saturated heterocycles. The summed E-state index contributed by atoms with van der Waals surface area (Å²) < 4.78 is 5.79. The van der Waals surface area contributed by atoms with Crippen molar-refractivity contribution in [2.45, 2.75) is 45.9 Å². The molecule has 1 aromatic rings. The number of rotatable bonds is 7. The first-order chi connectivity index (χ1) is 8.58. The van der Waals surface area contributed by atoms with Crippen LogP contribution in [0.3, 0.4) is 0 Å². The Bertz CT molecular complexity index is 402. The Hall–Kier alpha value is -0.573. The standard InChI is InChI=1S/C15H23ClOSi/c1-5-7-8-13-9-12(6-2)10-14(15(13)16)11-17-18(3)4/h6,9-10,18H,2,5,7-8,11H2,1,3-4H3. The Kier molecular flexibility index (Phi) is 6.69. The SMILES string of the molecule is C=Cc1cc(CCCC)c(Cl)c(CO[SiH](C)C)c1. The number of unbranched alkanes of at least 4 members (excludes halogenated alkanes) is 1. The van der Waals surface area contributed by atoms with Crippen LogP contribution in [0.15, 0.2) is 18.7 Å². The summed E-state index contributed by atoms with van der Waals surface area (Å²) in [7, 11) is -1.01. The number of benzene rings is 1. The lowest BCUT2D eigenvalue weighted by Gasteiger charge is -2.13. The molecule has 0 bridgehead atoms. The van der Waals surface area contributed by atoms with E-state index in [1.54, 1.807) is 0 Å². The molecule has 0 atom stereocenters. The summed E-state index contributed by atoms with van der Waals surface area (Å²) in [4.78, 5) is 0. The molecule has 0 heterocycles. The Labute approximate surface area is 118 Å². The second kappa shape index (κ2) is 7.77. The van der Waals surface area contributed by atoms with E-state index in [-0.39, 0.29) is 0 Å². The molecule has 0 aliphatic carbocycles. The Balaban J connectivity index is 2.96. The third-order valence-electron chi connectivity index (χ3n) is 2.85. The van der Waals surface area contributed by atoms with Gasteiger partial charge < -0.3 is 4.43 Å². The minimum Gasteiger partial charge on any atom is -0.416 e. The van der Waals surface area contributed by atoms with E-state index >= 15 is 0 Å². The summed E-state index contributed by atoms with van der Waals surface area (Å²) in [6.45, 7) is 11.0. The number of aryl methyl sites for hydroxylation is 1. The Morgan fingerprint density at radius 2 is 2.00 bits per heavy atom. The molecule has 1 aromatic carbocycles. The van der Waals surface area contributed by atoms with Gasteiger partial charge in [-0.2, -0.15) is 0 Å². The summed E-state index contributed by atoms with van der Waals surface area (Å²) >= 11 is 6.46. The molecule has 1 rings (SSSR count). The molecule has 0 N–H and O–H groups in total. The van der Waals surface area contributed by atoms with Gasteiger partial charge in [0.15, 0.2) is 9.04 Å². The molecular weight excluding hydrogens is 260 g/mol. The van der Waals surface area contributed by atoms with Crippen LogP contribution in [0.5, 0.6) is 0 Å². The number of halogens is 1. The van der Waals surface area contributed by atoms with Crippen molar-refractivity contribution in [3.63, 3.8) is 0 Å². The average Bonchev–Trinajstić information content (AvgIpc) is 2.35. The van der Waals surface area contributed by atoms with Crippen LogP contribution in [0.1, 0.15) is 36.5 Å². The van der Waals surface area contributed by atoms with Crippen LogP contribution < -0.4 is 0 Å². The third kappa shape index (κ3) is 4.60. The largest absolute Gasteiger partial charge is 0.416 e. The van der Waals surface area contributed by atoms with Crippen molar-refractivity contribution in [2.24, 2.45) is 0 Å². The topological polar surface area (TPSA) is 9.23 Å². The molecule has 0 spiro atoms. The first kappa shape index (κ1) is 15.5. The van der Waals surface area contributed by atoms with Gasteiger partial charge in [0, 0.05) is 5.02 Å². The highest BCUT2D eigenvalue weighted by Crippen LogP contribution is 2.26. The minimum atomic E-state index is -1.01. The molecule has 0 saturated carbocycles. The van der Waals surface area contributed by atoms with E-state index in [0.29, 0.717) is 6.61 Å². The van der Waals surface area contributed by atoms with Gasteiger partial charge in [0.1, 0.15) is 0 Å². The van der Waals surface area contributed by atoms with Gasteiger partial charge in [-0.3, -0.25) is 0 Å². The van der Waals surface area contributed by atoms with E-state index in [1.165, 1.54) is 18.4 Å². The Morgan fingerprint density at radius 1 is 1.33 bits per heavy atom. The van der Waals surface area contributed by atoms with Crippen molar-refractivity contribution in [3.8, 4) is 0 Å². The lowest BCUT2D eigenvalue weighted by atomic mass is 10.0. The second-order valence-electron chi connectivity index (χ2n) is 4.82. The third-order valence-corrected chi connectivity index (χ3v) is 4.17. The summed E-state index contributed by atoms with van der Waals surface area (Å²) in [5.74, 6) is 0. The fourth-order valence-corrected chi connectivity index (χ4v) is 2.58. The molecule has 18 heavy (non-hydrogen) atoms. The van der Waals surface area contributed by atoms with Crippen molar-refractivity contribution < 1.29 is 4.43 Å². The molecule has 0 aliphatic heterocycles. The molecule has 0 fully saturated rings. The first-order valence-corrected chi connectivity index (χ1v) is 9.79. The van der Waals surface area contributed by atoms with Gasteiger partial charge in [-0.15, -0.1) is 0 Å². The quantitative estimate of drug-likeness (QED) is 0.651. The highest BCUT2D eigenvalue weighted by Gasteiger charge is 2.09. The van der Waals surface area contributed by atoms with E-state index in [0.717, 1.165) is 22.6 Å². The van der Waals surface area contributed by atoms with Crippen LogP contribution in [0, 0.1) is 0 Å². The van der Waals surface area contributed by atoms with E-state index in [4.69, 9.17) is 16.0 Å². The first-order valence-electron chi connectivity index (χ1n) is 6.63. The van der Waals surface area contributed by atoms with Crippen LogP contribution in [-0.2, 0) is 17.5 Å². The highest BCUT2D eigenvalue weighted by atomic mass is 35.5. The second-order valence-corrected chi connectivity index (χ2v) is 7.63. The molecule has 0 unspecified atom stereocenters. The smallest absolute Gasteiger partial charge is 0.171 e. The maximum absolute atomic E-state index is 6.46. The van der Waals surface area contributed by atoms with Gasteiger partial charge >= 0.3 is 0 Å². The molecule has 0 amide bonds. The molecule has 1 nitrogen and oxygen atoms in total. The minimum absolute atomic E-state index is 0.628. The van der Waals surface area contributed by atoms with Crippen molar-refractivity contribution in [3.05, 3.63) is 40.4 Å². The molecular formula is C15H23ClOSi. The monoisotopic (exact) mass is 282 g/mol. The van der Waals surface area contributed by atoms with Crippen LogP contribution >= 0.6 is 11.6 Å². The predicted molar refractivity (Wildman–Crippen MR) is 83.8 cm³/mol. The van der Waals surface area contributed by atoms with Gasteiger partial charge in [-0.1, -0.05) is 43.7 Å². The summed E-state index contributed by atoms with van der Waals surface area (Å²) in [6, 6.07) is 4.23. The van der Waals surface area contributed by atoms with Crippen molar-refractivity contribution in [2.75, 3.05) is 0 Å². The lowest BCUT2D eigenvalue weighted by molar-refractivity contribution is 0.314. The van der Waals surface area contributed by atoms with Crippen LogP contribution in [-0.4, -0.2) is 9.04 Å². The summed E-state index contributed by atoms with van der Waals surface area (Å²) in [5, 5.41) is 0.878. The molecule has 0 aromatic heterocycles. The average molecular weight is 283 g/mol. The van der Waals surface area contributed by atoms with Crippen LogP contribution in [0.25, 0.3) is 6.08 Å². The van der Waals surface area contributed by atoms with E-state index in [2.05, 4.69) is 38.7 Å². The van der Waals surface area contributed by atoms with E-state index < -0.39 is 9.04 Å². The fraction of sp³-hybridized carbons (Fsp3) is 0.467. The summed E-state index contributed by atoms with van der Waals surface area (Å²) in [5.41, 5.74) is 3.45. The Morgan fingerprint density at radius 3 is 2.56 bits per heavy atom. The maximum atomic E-state index is 6.46. The maximum Gasteiger partial charge on any atom is 0.171 e. The predicted octanol–water partition coefficient (Wildman–Crippen LogP) is 4.83. The van der Waals surface area contributed by atoms with Gasteiger partial charge in [-0.05, 0) is 48.7 Å². The zero-order valence-electron chi connectivity index (χ0n) is 11.6. The van der Waals surface area contributed by atoms with Gasteiger partial charge in [-0.25, -0.2) is 0 Å². The summed E-state index contributed by atoms with van der Waals surface area (Å²) in [6.07, 6.45) is 5.25.